The van der Waals surface area contributed by atoms with E-state index >= 15 is 0 Å². The number of hydrogen-bond acceptors (Lipinski definition) is 6. The molecule has 2 aromatic rings. The molecule has 0 saturated heterocycles. The minimum Gasteiger partial charge on any atom is -0.359 e. The van der Waals surface area contributed by atoms with Crippen LogP contribution in [0.1, 0.15) is 92.8 Å². The molecule has 0 fully saturated rings. The molecule has 0 bridgehead atoms. The molecule has 6 nitrogen and oxygen atoms in total. The van der Waals surface area contributed by atoms with E-state index in [4.69, 9.17) is 5.26 Å². The fourth-order valence-electron chi connectivity index (χ4n) is 2.95. The SMILES string of the molecule is CC(C)c1cc(C(C)C)c(C(=O)Nc2nnc(NCCC#N)s2)c(C(C)C)c1. The van der Waals surface area contributed by atoms with E-state index in [9.17, 15) is 4.79 Å². The Labute approximate surface area is 171 Å². The molecular weight excluding hydrogens is 370 g/mol. The highest BCUT2D eigenvalue weighted by Crippen LogP contribution is 2.33. The maximum absolute atomic E-state index is 13.2. The van der Waals surface area contributed by atoms with E-state index in [0.29, 0.717) is 29.1 Å². The lowest BCUT2D eigenvalue weighted by Gasteiger charge is -2.22. The summed E-state index contributed by atoms with van der Waals surface area (Å²) >= 11 is 1.27. The standard InChI is InChI=1S/C21H29N5OS/c1-12(2)15-10-16(13(3)4)18(17(11-15)14(5)6)19(27)24-21-26-25-20(28-21)23-9-7-8-22/h10-14H,7,9H2,1-6H3,(H,23,25)(H,24,26,27). The van der Waals surface area contributed by atoms with E-state index in [1.165, 1.54) is 16.9 Å². The summed E-state index contributed by atoms with van der Waals surface area (Å²) in [5.74, 6) is 0.712. The lowest BCUT2D eigenvalue weighted by molar-refractivity contribution is 0.102. The number of aromatic nitrogens is 2. The van der Waals surface area contributed by atoms with Crippen molar-refractivity contribution in [1.82, 2.24) is 10.2 Å². The van der Waals surface area contributed by atoms with Gasteiger partial charge in [-0.25, -0.2) is 0 Å². The van der Waals surface area contributed by atoms with Gasteiger partial charge in [0.25, 0.3) is 5.91 Å². The summed E-state index contributed by atoms with van der Waals surface area (Å²) < 4.78 is 0. The average molecular weight is 400 g/mol. The quantitative estimate of drug-likeness (QED) is 0.573. The first kappa shape index (κ1) is 21.8. The minimum absolute atomic E-state index is 0.151. The van der Waals surface area contributed by atoms with Crippen molar-refractivity contribution in [1.29, 1.82) is 5.26 Å². The zero-order chi connectivity index (χ0) is 20.8. The lowest BCUT2D eigenvalue weighted by Crippen LogP contribution is -2.19. The smallest absolute Gasteiger partial charge is 0.258 e. The largest absolute Gasteiger partial charge is 0.359 e. The molecule has 0 aliphatic heterocycles. The van der Waals surface area contributed by atoms with Crippen molar-refractivity contribution in [2.24, 2.45) is 0 Å². The Morgan fingerprint density at radius 1 is 1.04 bits per heavy atom. The van der Waals surface area contributed by atoms with Crippen LogP contribution in [0.4, 0.5) is 10.3 Å². The number of nitrogens with one attached hydrogen (secondary N) is 2. The predicted molar refractivity (Wildman–Crippen MR) is 115 cm³/mol. The summed E-state index contributed by atoms with van der Waals surface area (Å²) in [6, 6.07) is 6.38. The monoisotopic (exact) mass is 399 g/mol. The number of benzene rings is 1. The molecule has 0 atom stereocenters. The second kappa shape index (κ2) is 9.65. The summed E-state index contributed by atoms with van der Waals surface area (Å²) in [5, 5.41) is 23.7. The molecule has 0 saturated carbocycles. The molecule has 2 rings (SSSR count). The summed E-state index contributed by atoms with van der Waals surface area (Å²) in [6.45, 7) is 13.3. The van der Waals surface area contributed by atoms with Crippen LogP contribution in [0.25, 0.3) is 0 Å². The average Bonchev–Trinajstić information content (AvgIpc) is 3.07. The third-order valence-electron chi connectivity index (χ3n) is 4.52. The molecule has 0 unspecified atom stereocenters. The van der Waals surface area contributed by atoms with Crippen molar-refractivity contribution < 1.29 is 4.79 Å². The van der Waals surface area contributed by atoms with Crippen LogP contribution in [0, 0.1) is 11.3 Å². The van der Waals surface area contributed by atoms with Crippen LogP contribution >= 0.6 is 11.3 Å². The fourth-order valence-corrected chi connectivity index (χ4v) is 3.61. The molecule has 0 spiro atoms. The molecule has 0 radical (unpaired) electrons. The van der Waals surface area contributed by atoms with E-state index in [1.54, 1.807) is 0 Å². The van der Waals surface area contributed by atoms with Gasteiger partial charge >= 0.3 is 0 Å². The van der Waals surface area contributed by atoms with Gasteiger partial charge in [-0.15, -0.1) is 10.2 Å². The van der Waals surface area contributed by atoms with E-state index in [1.807, 2.05) is 0 Å². The van der Waals surface area contributed by atoms with Gasteiger partial charge in [-0.3, -0.25) is 10.1 Å². The topological polar surface area (TPSA) is 90.7 Å². The van der Waals surface area contributed by atoms with E-state index in [2.05, 4.69) is 80.6 Å². The normalized spacial score (nSPS) is 11.1. The first-order valence-electron chi connectivity index (χ1n) is 9.68. The Balaban J connectivity index is 2.35. The number of anilines is 2. The Morgan fingerprint density at radius 3 is 2.11 bits per heavy atom. The van der Waals surface area contributed by atoms with E-state index in [-0.39, 0.29) is 17.7 Å². The zero-order valence-corrected chi connectivity index (χ0v) is 18.3. The van der Waals surface area contributed by atoms with Crippen molar-refractivity contribution in [3.8, 4) is 6.07 Å². The molecule has 1 amide bonds. The maximum Gasteiger partial charge on any atom is 0.258 e. The Bertz CT molecular complexity index is 835. The van der Waals surface area contributed by atoms with Gasteiger partial charge in [0.1, 0.15) is 0 Å². The van der Waals surface area contributed by atoms with Gasteiger partial charge in [0.2, 0.25) is 10.3 Å². The Hall–Kier alpha value is -2.46. The number of nitrogens with zero attached hydrogens (tertiary/aromatic N) is 3. The fraction of sp³-hybridized carbons (Fsp3) is 0.524. The number of hydrogen-bond donors (Lipinski definition) is 2. The van der Waals surface area contributed by atoms with Crippen LogP contribution in [-0.2, 0) is 0 Å². The molecule has 0 aliphatic rings. The lowest BCUT2D eigenvalue weighted by atomic mass is 9.84. The second-order valence-electron chi connectivity index (χ2n) is 7.74. The van der Waals surface area contributed by atoms with Gasteiger partial charge in [0.05, 0.1) is 12.5 Å². The van der Waals surface area contributed by atoms with Crippen molar-refractivity contribution in [3.63, 3.8) is 0 Å². The van der Waals surface area contributed by atoms with Crippen LogP contribution in [0.3, 0.4) is 0 Å². The molecule has 1 heterocycles. The van der Waals surface area contributed by atoms with Crippen molar-refractivity contribution >= 4 is 27.5 Å². The highest BCUT2D eigenvalue weighted by molar-refractivity contribution is 7.19. The van der Waals surface area contributed by atoms with Crippen molar-refractivity contribution in [2.45, 2.75) is 65.7 Å². The molecule has 1 aromatic carbocycles. The number of carbonyl (C=O) groups excluding carboxylic acids is 1. The third kappa shape index (κ3) is 5.29. The van der Waals surface area contributed by atoms with Crippen molar-refractivity contribution in [3.05, 3.63) is 34.4 Å². The van der Waals surface area contributed by atoms with E-state index < -0.39 is 0 Å². The van der Waals surface area contributed by atoms with Crippen molar-refractivity contribution in [2.75, 3.05) is 17.2 Å². The van der Waals surface area contributed by atoms with Crippen LogP contribution in [-0.4, -0.2) is 22.6 Å². The summed E-state index contributed by atoms with van der Waals surface area (Å²) in [7, 11) is 0. The number of nitriles is 1. The van der Waals surface area contributed by atoms with Crippen LogP contribution < -0.4 is 10.6 Å². The van der Waals surface area contributed by atoms with Gasteiger partial charge < -0.3 is 5.32 Å². The molecule has 0 aliphatic carbocycles. The van der Waals surface area contributed by atoms with Crippen LogP contribution in [0.2, 0.25) is 0 Å². The van der Waals surface area contributed by atoms with Gasteiger partial charge in [0.15, 0.2) is 0 Å². The summed E-state index contributed by atoms with van der Waals surface area (Å²) in [5.41, 5.74) is 4.11. The van der Waals surface area contributed by atoms with Gasteiger partial charge in [-0.1, -0.05) is 65.0 Å². The molecule has 150 valence electrons. The number of amides is 1. The molecule has 7 heteroatoms. The van der Waals surface area contributed by atoms with Gasteiger partial charge in [-0.05, 0) is 34.4 Å². The number of carbonyl (C=O) groups is 1. The molecule has 2 N–H and O–H groups in total. The van der Waals surface area contributed by atoms with Crippen LogP contribution in [0.5, 0.6) is 0 Å². The molecule has 28 heavy (non-hydrogen) atoms. The molecule has 1 aromatic heterocycles. The summed E-state index contributed by atoms with van der Waals surface area (Å²) in [4.78, 5) is 13.2. The zero-order valence-electron chi connectivity index (χ0n) is 17.5. The second-order valence-corrected chi connectivity index (χ2v) is 8.72. The highest BCUT2D eigenvalue weighted by atomic mass is 32.1. The van der Waals surface area contributed by atoms with Gasteiger partial charge in [-0.2, -0.15) is 5.26 Å². The maximum atomic E-state index is 13.2. The third-order valence-corrected chi connectivity index (χ3v) is 5.31. The first-order chi connectivity index (χ1) is 13.2. The predicted octanol–water partition coefficient (Wildman–Crippen LogP) is 5.49. The van der Waals surface area contributed by atoms with Gasteiger partial charge in [0, 0.05) is 12.1 Å². The molecular formula is C21H29N5OS. The highest BCUT2D eigenvalue weighted by Gasteiger charge is 2.23. The minimum atomic E-state index is -0.151. The number of rotatable bonds is 8. The summed E-state index contributed by atoms with van der Waals surface area (Å²) in [6.07, 6.45) is 0.388. The first-order valence-corrected chi connectivity index (χ1v) is 10.5. The van der Waals surface area contributed by atoms with E-state index in [0.717, 1.165) is 16.7 Å². The Morgan fingerprint density at radius 2 is 1.61 bits per heavy atom. The van der Waals surface area contributed by atoms with Crippen LogP contribution in [0.15, 0.2) is 12.1 Å². The Kier molecular flexibility index (Phi) is 7.53.